The van der Waals surface area contributed by atoms with Crippen molar-refractivity contribution in [2.24, 2.45) is 5.92 Å². The van der Waals surface area contributed by atoms with Gasteiger partial charge in [0.2, 0.25) is 0 Å². The van der Waals surface area contributed by atoms with Crippen LogP contribution in [0.15, 0.2) is 200 Å². The molecule has 2 heteroatoms. The maximum Gasteiger partial charge on any atom is 0.127 e. The van der Waals surface area contributed by atoms with Gasteiger partial charge in [0.05, 0.1) is 5.41 Å². The number of anilines is 3. The molecule has 1 aliphatic rings. The quantitative estimate of drug-likeness (QED) is 0.130. The van der Waals surface area contributed by atoms with Gasteiger partial charge in [-0.15, -0.1) is 0 Å². The fourth-order valence-corrected chi connectivity index (χ4v) is 9.48. The van der Waals surface area contributed by atoms with Crippen molar-refractivity contribution >= 4 is 17.1 Å². The lowest BCUT2D eigenvalue weighted by Crippen LogP contribution is -2.28. The van der Waals surface area contributed by atoms with Crippen LogP contribution < -0.4 is 9.64 Å². The van der Waals surface area contributed by atoms with Gasteiger partial charge in [0.25, 0.3) is 0 Å². The van der Waals surface area contributed by atoms with E-state index in [-0.39, 0.29) is 5.41 Å². The number of hydrogen-bond acceptors (Lipinski definition) is 2. The standard InChI is InChI=1S/C57H51NO/c1-40(2)39-56(4,5)44-26-33-50(34-27-44)59-51-35-28-46(29-36-51)57(45-24-20-41(3)21-25-45)54-19-13-12-18-52(54)53-37-32-49(38-55(53)57)58(47-16-10-7-11-17-47)48-30-22-43(23-31-48)42-14-8-6-9-15-42/h6-38,40H,39H2,1-5H3. The first-order chi connectivity index (χ1) is 28.7. The summed E-state index contributed by atoms with van der Waals surface area (Å²) in [7, 11) is 0. The van der Waals surface area contributed by atoms with Crippen molar-refractivity contribution in [2.75, 3.05) is 4.90 Å². The predicted molar refractivity (Wildman–Crippen MR) is 248 cm³/mol. The first-order valence-electron chi connectivity index (χ1n) is 20.9. The van der Waals surface area contributed by atoms with Crippen LogP contribution in [0.5, 0.6) is 11.5 Å². The number of fused-ring (bicyclic) bond motifs is 3. The van der Waals surface area contributed by atoms with E-state index in [4.69, 9.17) is 4.74 Å². The Balaban J connectivity index is 1.16. The van der Waals surface area contributed by atoms with E-state index < -0.39 is 5.41 Å². The van der Waals surface area contributed by atoms with Gasteiger partial charge in [0, 0.05) is 17.1 Å². The van der Waals surface area contributed by atoms with Gasteiger partial charge in [-0.25, -0.2) is 0 Å². The summed E-state index contributed by atoms with van der Waals surface area (Å²) in [6.45, 7) is 11.4. The second-order valence-corrected chi connectivity index (χ2v) is 17.1. The van der Waals surface area contributed by atoms with E-state index in [1.54, 1.807) is 0 Å². The zero-order valence-electron chi connectivity index (χ0n) is 34.7. The normalized spacial score (nSPS) is 14.5. The molecule has 0 radical (unpaired) electrons. The zero-order valence-corrected chi connectivity index (χ0v) is 34.7. The molecule has 290 valence electrons. The maximum absolute atomic E-state index is 6.52. The molecule has 0 amide bonds. The van der Waals surface area contributed by atoms with E-state index in [1.165, 1.54) is 55.6 Å². The highest BCUT2D eigenvalue weighted by Crippen LogP contribution is 2.57. The summed E-state index contributed by atoms with van der Waals surface area (Å²) in [6, 6.07) is 72.8. The van der Waals surface area contributed by atoms with Gasteiger partial charge < -0.3 is 9.64 Å². The minimum absolute atomic E-state index is 0.109. The van der Waals surface area contributed by atoms with Crippen LogP contribution >= 0.6 is 0 Å². The number of rotatable bonds is 11. The fourth-order valence-electron chi connectivity index (χ4n) is 9.48. The molecule has 1 unspecified atom stereocenters. The van der Waals surface area contributed by atoms with Crippen molar-refractivity contribution in [3.8, 4) is 33.8 Å². The van der Waals surface area contributed by atoms with Crippen molar-refractivity contribution < 1.29 is 4.74 Å². The second-order valence-electron chi connectivity index (χ2n) is 17.1. The molecule has 0 heterocycles. The Morgan fingerprint density at radius 1 is 0.492 bits per heavy atom. The number of hydrogen-bond donors (Lipinski definition) is 0. The van der Waals surface area contributed by atoms with Gasteiger partial charge in [-0.05, 0) is 135 Å². The van der Waals surface area contributed by atoms with Crippen LogP contribution in [0.3, 0.4) is 0 Å². The van der Waals surface area contributed by atoms with Crippen LogP contribution in [0.1, 0.15) is 67.5 Å². The molecule has 2 nitrogen and oxygen atoms in total. The molecule has 0 saturated carbocycles. The number of para-hydroxylation sites is 1. The molecule has 0 fully saturated rings. The third-order valence-corrected chi connectivity index (χ3v) is 12.1. The van der Waals surface area contributed by atoms with Gasteiger partial charge in [0.1, 0.15) is 11.5 Å². The van der Waals surface area contributed by atoms with Crippen molar-refractivity contribution in [2.45, 2.75) is 51.9 Å². The molecule has 0 aliphatic heterocycles. The van der Waals surface area contributed by atoms with E-state index in [0.717, 1.165) is 35.0 Å². The fraction of sp³-hybridized carbons (Fsp3) is 0.158. The molecule has 0 saturated heterocycles. The van der Waals surface area contributed by atoms with Gasteiger partial charge >= 0.3 is 0 Å². The van der Waals surface area contributed by atoms with E-state index in [2.05, 4.69) is 240 Å². The van der Waals surface area contributed by atoms with Crippen LogP contribution in [0, 0.1) is 12.8 Å². The molecule has 8 aromatic rings. The first kappa shape index (κ1) is 37.9. The second kappa shape index (κ2) is 15.6. The summed E-state index contributed by atoms with van der Waals surface area (Å²) < 4.78 is 6.52. The molecule has 9 rings (SSSR count). The highest BCUT2D eigenvalue weighted by atomic mass is 16.5. The van der Waals surface area contributed by atoms with Crippen LogP contribution in [0.2, 0.25) is 0 Å². The van der Waals surface area contributed by atoms with Gasteiger partial charge in [0.15, 0.2) is 0 Å². The SMILES string of the molecule is Cc1ccc(C2(c3ccc(Oc4ccc(C(C)(C)CC(C)C)cc4)cc3)c3ccccc3-c3ccc(N(c4ccccc4)c4ccc(-c5ccccc5)cc4)cc32)cc1. The Hall–Kier alpha value is -6.64. The highest BCUT2D eigenvalue weighted by molar-refractivity contribution is 5.89. The number of aryl methyl sites for hydroxylation is 1. The van der Waals surface area contributed by atoms with Gasteiger partial charge in [-0.1, -0.05) is 173 Å². The number of ether oxygens (including phenoxy) is 1. The predicted octanol–water partition coefficient (Wildman–Crippen LogP) is 15.6. The summed E-state index contributed by atoms with van der Waals surface area (Å²) in [4.78, 5) is 2.38. The Labute approximate surface area is 350 Å². The van der Waals surface area contributed by atoms with Crippen LogP contribution in [0.25, 0.3) is 22.3 Å². The molecule has 0 spiro atoms. The molecule has 0 N–H and O–H groups in total. The zero-order chi connectivity index (χ0) is 40.6. The van der Waals surface area contributed by atoms with Crippen molar-refractivity contribution in [3.63, 3.8) is 0 Å². The lowest BCUT2D eigenvalue weighted by atomic mass is 9.67. The summed E-state index contributed by atoms with van der Waals surface area (Å²) >= 11 is 0. The third kappa shape index (κ3) is 7.14. The molecule has 0 aromatic heterocycles. The molecule has 59 heavy (non-hydrogen) atoms. The van der Waals surface area contributed by atoms with E-state index in [9.17, 15) is 0 Å². The number of benzene rings is 8. The average molecular weight is 766 g/mol. The summed E-state index contributed by atoms with van der Waals surface area (Å²) in [5.74, 6) is 2.29. The Morgan fingerprint density at radius 2 is 1.00 bits per heavy atom. The van der Waals surface area contributed by atoms with Crippen molar-refractivity contribution in [3.05, 3.63) is 234 Å². The molecule has 1 atom stereocenters. The van der Waals surface area contributed by atoms with Crippen LogP contribution in [-0.4, -0.2) is 0 Å². The van der Waals surface area contributed by atoms with E-state index in [1.807, 2.05) is 0 Å². The summed E-state index contributed by atoms with van der Waals surface area (Å²) in [5, 5.41) is 0. The minimum atomic E-state index is -0.572. The van der Waals surface area contributed by atoms with Crippen LogP contribution in [-0.2, 0) is 10.8 Å². The minimum Gasteiger partial charge on any atom is -0.457 e. The van der Waals surface area contributed by atoms with Crippen LogP contribution in [0.4, 0.5) is 17.1 Å². The molecule has 0 bridgehead atoms. The average Bonchev–Trinajstić information content (AvgIpc) is 3.55. The van der Waals surface area contributed by atoms with E-state index in [0.29, 0.717) is 5.92 Å². The lowest BCUT2D eigenvalue weighted by molar-refractivity contribution is 0.399. The Morgan fingerprint density at radius 3 is 1.64 bits per heavy atom. The molecule has 1 aliphatic carbocycles. The van der Waals surface area contributed by atoms with Crippen molar-refractivity contribution in [1.29, 1.82) is 0 Å². The highest BCUT2D eigenvalue weighted by Gasteiger charge is 2.46. The summed E-state index contributed by atoms with van der Waals surface area (Å²) in [6.07, 6.45) is 1.14. The maximum atomic E-state index is 6.52. The molecule has 8 aromatic carbocycles. The number of nitrogens with zero attached hydrogens (tertiary/aromatic N) is 1. The first-order valence-corrected chi connectivity index (χ1v) is 20.9. The molecular formula is C57H51NO. The topological polar surface area (TPSA) is 12.5 Å². The largest absolute Gasteiger partial charge is 0.457 e. The Kier molecular flexibility index (Phi) is 10.0. The van der Waals surface area contributed by atoms with Gasteiger partial charge in [-0.2, -0.15) is 0 Å². The van der Waals surface area contributed by atoms with Gasteiger partial charge in [-0.3, -0.25) is 0 Å². The monoisotopic (exact) mass is 765 g/mol. The third-order valence-electron chi connectivity index (χ3n) is 12.1. The smallest absolute Gasteiger partial charge is 0.127 e. The van der Waals surface area contributed by atoms with Crippen molar-refractivity contribution in [1.82, 2.24) is 0 Å². The van der Waals surface area contributed by atoms with E-state index >= 15 is 0 Å². The summed E-state index contributed by atoms with van der Waals surface area (Å²) in [5.41, 5.74) is 15.3. The molecular weight excluding hydrogens is 715 g/mol. The lowest BCUT2D eigenvalue weighted by Gasteiger charge is -2.35. The Bertz CT molecular complexity index is 2680.